The molecule has 3 rings (SSSR count). The molecule has 1 heterocycles. The molecule has 19 heavy (non-hydrogen) atoms. The smallest absolute Gasteiger partial charge is 0.182 e. The summed E-state index contributed by atoms with van der Waals surface area (Å²) >= 11 is 0. The van der Waals surface area contributed by atoms with Gasteiger partial charge in [-0.15, -0.1) is 5.10 Å². The molecular weight excluding hydrogens is 240 g/mol. The van der Waals surface area contributed by atoms with Crippen molar-refractivity contribution in [1.82, 2.24) is 20.2 Å². The lowest BCUT2D eigenvalue weighted by Gasteiger charge is -2.07. The molecule has 0 spiro atoms. The highest BCUT2D eigenvalue weighted by molar-refractivity contribution is 5.67. The first-order valence-corrected chi connectivity index (χ1v) is 6.38. The monoisotopic (exact) mass is 258 g/mol. The predicted octanol–water partition coefficient (Wildman–Crippen LogP) is 1.55. The number of nitrogens with two attached hydrogens (primary N) is 2. The van der Waals surface area contributed by atoms with Gasteiger partial charge in [0.1, 0.15) is 0 Å². The number of benzene rings is 1. The lowest BCUT2D eigenvalue weighted by Crippen LogP contribution is -2.07. The third-order valence-electron chi connectivity index (χ3n) is 3.88. The van der Waals surface area contributed by atoms with Crippen LogP contribution in [0.25, 0.3) is 11.4 Å². The van der Waals surface area contributed by atoms with Crippen molar-refractivity contribution in [1.29, 1.82) is 0 Å². The zero-order valence-corrected chi connectivity index (χ0v) is 11.2. The van der Waals surface area contributed by atoms with E-state index in [0.717, 1.165) is 17.9 Å². The summed E-state index contributed by atoms with van der Waals surface area (Å²) in [5.41, 5.74) is 14.1. The highest BCUT2D eigenvalue weighted by Gasteiger charge is 2.46. The molecule has 1 fully saturated rings. The van der Waals surface area contributed by atoms with E-state index in [1.54, 1.807) is 6.07 Å². The normalized spacial score (nSPS) is 20.4. The van der Waals surface area contributed by atoms with Crippen LogP contribution in [-0.4, -0.2) is 20.2 Å². The van der Waals surface area contributed by atoms with Crippen LogP contribution in [-0.2, 0) is 6.54 Å². The highest BCUT2D eigenvalue weighted by Crippen LogP contribution is 2.52. The second-order valence-electron chi connectivity index (χ2n) is 5.96. The number of aromatic nitrogens is 4. The summed E-state index contributed by atoms with van der Waals surface area (Å²) in [5, 5.41) is 11.9. The Hall–Kier alpha value is -2.11. The molecule has 0 aliphatic heterocycles. The van der Waals surface area contributed by atoms with Gasteiger partial charge >= 0.3 is 0 Å². The van der Waals surface area contributed by atoms with Crippen LogP contribution in [0.4, 0.5) is 11.4 Å². The molecule has 6 heteroatoms. The van der Waals surface area contributed by atoms with Gasteiger partial charge in [0.25, 0.3) is 0 Å². The van der Waals surface area contributed by atoms with E-state index in [-0.39, 0.29) is 0 Å². The summed E-state index contributed by atoms with van der Waals surface area (Å²) in [7, 11) is 0. The first-order valence-electron chi connectivity index (χ1n) is 6.38. The number of hydrogen-bond donors (Lipinski definition) is 2. The van der Waals surface area contributed by atoms with E-state index in [4.69, 9.17) is 11.5 Å². The van der Waals surface area contributed by atoms with Gasteiger partial charge in [-0.2, -0.15) is 0 Å². The van der Waals surface area contributed by atoms with Gasteiger partial charge < -0.3 is 11.5 Å². The van der Waals surface area contributed by atoms with Gasteiger partial charge in [0.15, 0.2) is 5.82 Å². The van der Waals surface area contributed by atoms with E-state index in [2.05, 4.69) is 29.4 Å². The predicted molar refractivity (Wildman–Crippen MR) is 74.0 cm³/mol. The van der Waals surface area contributed by atoms with Gasteiger partial charge in [-0.1, -0.05) is 13.8 Å². The average Bonchev–Trinajstić information content (AvgIpc) is 2.73. The third-order valence-corrected chi connectivity index (χ3v) is 3.88. The van der Waals surface area contributed by atoms with Crippen molar-refractivity contribution in [2.75, 3.05) is 11.5 Å². The van der Waals surface area contributed by atoms with Crippen LogP contribution < -0.4 is 11.5 Å². The van der Waals surface area contributed by atoms with Crippen molar-refractivity contribution < 1.29 is 0 Å². The minimum atomic E-state index is 0.401. The third kappa shape index (κ3) is 2.25. The number of nitrogens with zero attached hydrogens (tertiary/aromatic N) is 4. The van der Waals surface area contributed by atoms with Crippen molar-refractivity contribution in [3.8, 4) is 11.4 Å². The molecule has 1 saturated carbocycles. The fraction of sp³-hybridized carbons (Fsp3) is 0.462. The lowest BCUT2D eigenvalue weighted by atomic mass is 10.1. The highest BCUT2D eigenvalue weighted by atomic mass is 15.5. The van der Waals surface area contributed by atoms with Gasteiger partial charge in [-0.3, -0.25) is 0 Å². The Morgan fingerprint density at radius 3 is 2.47 bits per heavy atom. The molecule has 1 unspecified atom stereocenters. The molecule has 1 aromatic heterocycles. The maximum Gasteiger partial charge on any atom is 0.182 e. The van der Waals surface area contributed by atoms with Gasteiger partial charge in [0.2, 0.25) is 0 Å². The molecule has 6 nitrogen and oxygen atoms in total. The quantitative estimate of drug-likeness (QED) is 0.814. The lowest BCUT2D eigenvalue weighted by molar-refractivity contribution is 0.467. The molecule has 1 aromatic carbocycles. The van der Waals surface area contributed by atoms with E-state index in [1.165, 1.54) is 6.42 Å². The first kappa shape index (κ1) is 12.0. The van der Waals surface area contributed by atoms with Crippen molar-refractivity contribution in [3.05, 3.63) is 18.2 Å². The summed E-state index contributed by atoms with van der Waals surface area (Å²) in [5.74, 6) is 1.36. The molecule has 1 aliphatic rings. The Morgan fingerprint density at radius 2 is 1.89 bits per heavy atom. The molecule has 0 saturated heterocycles. The standard InChI is InChI=1S/C13H18N6/c1-13(2)6-9(13)7-19-12(16-17-18-19)8-3-10(14)5-11(15)4-8/h3-5,9H,6-7,14-15H2,1-2H3. The fourth-order valence-corrected chi connectivity index (χ4v) is 2.44. The van der Waals surface area contributed by atoms with E-state index < -0.39 is 0 Å². The van der Waals surface area contributed by atoms with Gasteiger partial charge in [0, 0.05) is 23.5 Å². The number of tetrazole rings is 1. The minimum absolute atomic E-state index is 0.401. The SMILES string of the molecule is CC1(C)CC1Cn1nnnc1-c1cc(N)cc(N)c1. The number of anilines is 2. The van der Waals surface area contributed by atoms with Crippen LogP contribution in [0.1, 0.15) is 20.3 Å². The van der Waals surface area contributed by atoms with Gasteiger partial charge in [-0.05, 0) is 46.4 Å². The average molecular weight is 258 g/mol. The van der Waals surface area contributed by atoms with Crippen LogP contribution in [0.5, 0.6) is 0 Å². The maximum atomic E-state index is 5.81. The number of rotatable bonds is 3. The van der Waals surface area contributed by atoms with Gasteiger partial charge in [-0.25, -0.2) is 4.68 Å². The van der Waals surface area contributed by atoms with Crippen LogP contribution in [0, 0.1) is 11.3 Å². The fourth-order valence-electron chi connectivity index (χ4n) is 2.44. The van der Waals surface area contributed by atoms with Crippen LogP contribution in [0.15, 0.2) is 18.2 Å². The second-order valence-corrected chi connectivity index (χ2v) is 5.96. The summed E-state index contributed by atoms with van der Waals surface area (Å²) in [6, 6.07) is 5.41. The molecule has 0 bridgehead atoms. The van der Waals surface area contributed by atoms with Crippen LogP contribution in [0.3, 0.4) is 0 Å². The summed E-state index contributed by atoms with van der Waals surface area (Å²) in [6.45, 7) is 5.37. The molecule has 100 valence electrons. The van der Waals surface area contributed by atoms with Crippen LogP contribution in [0.2, 0.25) is 0 Å². The van der Waals surface area contributed by atoms with Gasteiger partial charge in [0.05, 0.1) is 0 Å². The molecular formula is C13H18N6. The molecule has 0 amide bonds. The minimum Gasteiger partial charge on any atom is -0.399 e. The largest absolute Gasteiger partial charge is 0.399 e. The summed E-state index contributed by atoms with van der Waals surface area (Å²) in [6.07, 6.45) is 1.21. The van der Waals surface area contributed by atoms with E-state index >= 15 is 0 Å². The number of hydrogen-bond acceptors (Lipinski definition) is 5. The zero-order chi connectivity index (χ0) is 13.6. The Balaban J connectivity index is 1.91. The molecule has 1 atom stereocenters. The Kier molecular flexibility index (Phi) is 2.48. The van der Waals surface area contributed by atoms with E-state index in [9.17, 15) is 0 Å². The molecule has 4 N–H and O–H groups in total. The van der Waals surface area contributed by atoms with E-state index in [1.807, 2.05) is 16.8 Å². The van der Waals surface area contributed by atoms with Crippen LogP contribution >= 0.6 is 0 Å². The van der Waals surface area contributed by atoms with Crippen molar-refractivity contribution >= 4 is 11.4 Å². The summed E-state index contributed by atoms with van der Waals surface area (Å²) in [4.78, 5) is 0. The molecule has 0 radical (unpaired) electrons. The van der Waals surface area contributed by atoms with E-state index in [0.29, 0.717) is 22.7 Å². The maximum absolute atomic E-state index is 5.81. The zero-order valence-electron chi connectivity index (χ0n) is 11.2. The van der Waals surface area contributed by atoms with Crippen molar-refractivity contribution in [3.63, 3.8) is 0 Å². The Bertz CT molecular complexity index is 595. The second kappa shape index (κ2) is 3.94. The number of nitrogen functional groups attached to an aromatic ring is 2. The first-order chi connectivity index (χ1) is 8.95. The summed E-state index contributed by atoms with van der Waals surface area (Å²) < 4.78 is 1.84. The van der Waals surface area contributed by atoms with Crippen molar-refractivity contribution in [2.45, 2.75) is 26.8 Å². The molecule has 2 aromatic rings. The topological polar surface area (TPSA) is 95.6 Å². The molecule has 1 aliphatic carbocycles. The Morgan fingerprint density at radius 1 is 1.26 bits per heavy atom. The van der Waals surface area contributed by atoms with Crippen molar-refractivity contribution in [2.24, 2.45) is 11.3 Å². The Labute approximate surface area is 111 Å².